The van der Waals surface area contributed by atoms with Crippen LogP contribution in [0.4, 0.5) is 10.1 Å². The van der Waals surface area contributed by atoms with Gasteiger partial charge in [-0.2, -0.15) is 0 Å². The summed E-state index contributed by atoms with van der Waals surface area (Å²) in [4.78, 5) is 12.3. The molecular weight excluding hydrogens is 361 g/mol. The van der Waals surface area contributed by atoms with Crippen LogP contribution in [0, 0.1) is 5.82 Å². The minimum Gasteiger partial charge on any atom is -0.289 e. The molecule has 2 rings (SSSR count). The average Bonchev–Trinajstić information content (AvgIpc) is 2.37. The largest absolute Gasteiger partial charge is 0.289 e. The first kappa shape index (κ1) is 15.7. The van der Waals surface area contributed by atoms with E-state index in [0.29, 0.717) is 21.3 Å². The molecule has 1 N–H and O–H groups in total. The third kappa shape index (κ3) is 4.12. The van der Waals surface area contributed by atoms with Crippen molar-refractivity contribution in [2.45, 2.75) is 0 Å². The minimum atomic E-state index is -3.36. The maximum atomic E-state index is 13.0. The van der Waals surface area contributed by atoms with Gasteiger partial charge in [-0.1, -0.05) is 0 Å². The molecule has 0 amide bonds. The molecule has 0 aromatic heterocycles. The van der Waals surface area contributed by atoms with Crippen molar-refractivity contribution in [1.82, 2.24) is 0 Å². The minimum absolute atomic E-state index is 0.284. The zero-order valence-corrected chi connectivity index (χ0v) is 13.3. The Morgan fingerprint density at radius 1 is 1.14 bits per heavy atom. The number of benzene rings is 2. The van der Waals surface area contributed by atoms with E-state index in [1.807, 2.05) is 0 Å². The molecule has 0 fully saturated rings. The quantitative estimate of drug-likeness (QED) is 0.839. The summed E-state index contributed by atoms with van der Waals surface area (Å²) in [5.74, 6) is -0.723. The lowest BCUT2D eigenvalue weighted by atomic mass is 10.0. The van der Waals surface area contributed by atoms with Gasteiger partial charge in [0.25, 0.3) is 0 Å². The van der Waals surface area contributed by atoms with E-state index in [1.165, 1.54) is 42.5 Å². The second-order valence-electron chi connectivity index (χ2n) is 4.40. The monoisotopic (exact) mass is 371 g/mol. The molecule has 7 heteroatoms. The highest BCUT2D eigenvalue weighted by Gasteiger charge is 2.13. The van der Waals surface area contributed by atoms with E-state index >= 15 is 0 Å². The van der Waals surface area contributed by atoms with Crippen LogP contribution in [0.5, 0.6) is 0 Å². The Labute approximate surface area is 130 Å². The van der Waals surface area contributed by atoms with E-state index in [0.717, 1.165) is 6.26 Å². The van der Waals surface area contributed by atoms with Gasteiger partial charge in [0, 0.05) is 21.3 Å². The number of sulfonamides is 1. The van der Waals surface area contributed by atoms with Crippen LogP contribution in [0.25, 0.3) is 0 Å². The highest BCUT2D eigenvalue weighted by molar-refractivity contribution is 9.10. The molecule has 110 valence electrons. The Morgan fingerprint density at radius 2 is 1.76 bits per heavy atom. The summed E-state index contributed by atoms with van der Waals surface area (Å²) in [6.45, 7) is 0. The first-order valence-corrected chi connectivity index (χ1v) is 8.52. The molecule has 4 nitrogen and oxygen atoms in total. The van der Waals surface area contributed by atoms with Crippen LogP contribution >= 0.6 is 15.9 Å². The first-order valence-electron chi connectivity index (χ1n) is 5.84. The molecule has 0 bridgehead atoms. The lowest BCUT2D eigenvalue weighted by molar-refractivity contribution is 0.103. The van der Waals surface area contributed by atoms with Gasteiger partial charge >= 0.3 is 0 Å². The number of hydrogen-bond acceptors (Lipinski definition) is 3. The highest BCUT2D eigenvalue weighted by atomic mass is 79.9. The molecule has 0 unspecified atom stereocenters. The SMILES string of the molecule is CS(=O)(=O)Nc1ccc(C(=O)c2ccc(F)cc2Br)cc1. The molecule has 0 spiro atoms. The molecule has 21 heavy (non-hydrogen) atoms. The van der Waals surface area contributed by atoms with E-state index in [-0.39, 0.29) is 5.78 Å². The predicted octanol–water partition coefficient (Wildman–Crippen LogP) is 3.19. The van der Waals surface area contributed by atoms with Gasteiger partial charge in [0.2, 0.25) is 10.0 Å². The second-order valence-corrected chi connectivity index (χ2v) is 7.01. The van der Waals surface area contributed by atoms with E-state index in [2.05, 4.69) is 20.7 Å². The summed E-state index contributed by atoms with van der Waals surface area (Å²) in [5.41, 5.74) is 1.08. The topological polar surface area (TPSA) is 63.2 Å². The van der Waals surface area contributed by atoms with Crippen molar-refractivity contribution in [1.29, 1.82) is 0 Å². The van der Waals surface area contributed by atoms with Crippen molar-refractivity contribution in [3.8, 4) is 0 Å². The normalized spacial score (nSPS) is 11.2. The predicted molar refractivity (Wildman–Crippen MR) is 82.4 cm³/mol. The fourth-order valence-electron chi connectivity index (χ4n) is 1.73. The molecule has 0 saturated heterocycles. The van der Waals surface area contributed by atoms with Crippen molar-refractivity contribution in [3.63, 3.8) is 0 Å². The van der Waals surface area contributed by atoms with Crippen molar-refractivity contribution in [2.24, 2.45) is 0 Å². The van der Waals surface area contributed by atoms with Gasteiger partial charge in [-0.25, -0.2) is 12.8 Å². The summed E-state index contributed by atoms with van der Waals surface area (Å²) >= 11 is 3.15. The van der Waals surface area contributed by atoms with Crippen molar-refractivity contribution in [3.05, 3.63) is 63.9 Å². The van der Waals surface area contributed by atoms with Crippen LogP contribution in [0.1, 0.15) is 15.9 Å². The Balaban J connectivity index is 2.28. The summed E-state index contributed by atoms with van der Waals surface area (Å²) in [5, 5.41) is 0. The second kappa shape index (κ2) is 5.95. The van der Waals surface area contributed by atoms with Gasteiger partial charge in [-0.15, -0.1) is 0 Å². The lowest BCUT2D eigenvalue weighted by Gasteiger charge is -2.06. The number of hydrogen-bond donors (Lipinski definition) is 1. The number of anilines is 1. The molecule has 2 aromatic carbocycles. The third-order valence-corrected chi connectivity index (χ3v) is 3.89. The molecule has 0 radical (unpaired) electrons. The van der Waals surface area contributed by atoms with Gasteiger partial charge in [-0.05, 0) is 58.4 Å². The maximum Gasteiger partial charge on any atom is 0.229 e. The van der Waals surface area contributed by atoms with Crippen molar-refractivity contribution < 1.29 is 17.6 Å². The molecule has 0 atom stereocenters. The maximum absolute atomic E-state index is 13.0. The number of carbonyl (C=O) groups is 1. The van der Waals surface area contributed by atoms with Crippen LogP contribution in [0.3, 0.4) is 0 Å². The number of ketones is 1. The van der Waals surface area contributed by atoms with Gasteiger partial charge in [-0.3, -0.25) is 9.52 Å². The molecule has 0 aliphatic rings. The van der Waals surface area contributed by atoms with Crippen LogP contribution in [-0.4, -0.2) is 20.5 Å². The Bertz CT molecular complexity index is 788. The molecule has 0 saturated carbocycles. The van der Waals surface area contributed by atoms with E-state index in [4.69, 9.17) is 0 Å². The van der Waals surface area contributed by atoms with Crippen LogP contribution < -0.4 is 4.72 Å². The summed E-state index contributed by atoms with van der Waals surface area (Å²) in [6, 6.07) is 9.81. The standard InChI is InChI=1S/C14H11BrFNO3S/c1-21(19,20)17-11-5-2-9(3-6-11)14(18)12-7-4-10(16)8-13(12)15/h2-8,17H,1H3. The summed E-state index contributed by atoms with van der Waals surface area (Å²) < 4.78 is 37.9. The van der Waals surface area contributed by atoms with E-state index in [1.54, 1.807) is 0 Å². The van der Waals surface area contributed by atoms with Gasteiger partial charge in [0.05, 0.1) is 6.26 Å². The average molecular weight is 372 g/mol. The molecular formula is C14H11BrFNO3S. The van der Waals surface area contributed by atoms with E-state index in [9.17, 15) is 17.6 Å². The van der Waals surface area contributed by atoms with Gasteiger partial charge in [0.15, 0.2) is 5.78 Å². The number of nitrogens with one attached hydrogen (secondary N) is 1. The zero-order valence-electron chi connectivity index (χ0n) is 10.9. The van der Waals surface area contributed by atoms with Crippen molar-refractivity contribution >= 4 is 37.4 Å². The Hall–Kier alpha value is -1.73. The van der Waals surface area contributed by atoms with Crippen LogP contribution in [0.15, 0.2) is 46.9 Å². The summed E-state index contributed by atoms with van der Waals surface area (Å²) in [6.07, 6.45) is 1.04. The first-order chi connectivity index (χ1) is 9.76. The fraction of sp³-hybridized carbons (Fsp3) is 0.0714. The highest BCUT2D eigenvalue weighted by Crippen LogP contribution is 2.22. The molecule has 0 heterocycles. The number of halogens is 2. The van der Waals surface area contributed by atoms with Gasteiger partial charge in [0.1, 0.15) is 5.82 Å². The lowest BCUT2D eigenvalue weighted by Crippen LogP contribution is -2.10. The zero-order chi connectivity index (χ0) is 15.6. The third-order valence-electron chi connectivity index (χ3n) is 2.63. The summed E-state index contributed by atoms with van der Waals surface area (Å²) in [7, 11) is -3.36. The van der Waals surface area contributed by atoms with Crippen LogP contribution in [0.2, 0.25) is 0 Å². The molecule has 0 aliphatic heterocycles. The molecule has 2 aromatic rings. The van der Waals surface area contributed by atoms with Gasteiger partial charge < -0.3 is 0 Å². The number of rotatable bonds is 4. The van der Waals surface area contributed by atoms with Crippen molar-refractivity contribution in [2.75, 3.05) is 11.0 Å². The Kier molecular flexibility index (Phi) is 4.43. The smallest absolute Gasteiger partial charge is 0.229 e. The fourth-order valence-corrected chi connectivity index (χ4v) is 2.83. The molecule has 0 aliphatic carbocycles. The Morgan fingerprint density at radius 3 is 2.29 bits per heavy atom. The van der Waals surface area contributed by atoms with Crippen LogP contribution in [-0.2, 0) is 10.0 Å². The van der Waals surface area contributed by atoms with E-state index < -0.39 is 15.8 Å². The number of carbonyl (C=O) groups excluding carboxylic acids is 1.